The number of alkyl halides is 3. The molecule has 0 aliphatic heterocycles. The summed E-state index contributed by atoms with van der Waals surface area (Å²) in [6, 6.07) is 4.91. The summed E-state index contributed by atoms with van der Waals surface area (Å²) in [6.45, 7) is -1.47. The lowest BCUT2D eigenvalue weighted by Gasteiger charge is -2.02. The van der Waals surface area contributed by atoms with Crippen LogP contribution in [0.5, 0.6) is 0 Å². The maximum absolute atomic E-state index is 12.4. The van der Waals surface area contributed by atoms with Gasteiger partial charge >= 0.3 is 6.18 Å². The van der Waals surface area contributed by atoms with Crippen molar-refractivity contribution < 1.29 is 22.4 Å². The van der Waals surface area contributed by atoms with Crippen LogP contribution in [-0.4, -0.2) is 19.0 Å². The smallest absolute Gasteiger partial charge is 0.386 e. The van der Waals surface area contributed by atoms with Crippen LogP contribution in [0.2, 0.25) is 0 Å². The van der Waals surface area contributed by atoms with E-state index in [-0.39, 0.29) is 0 Å². The van der Waals surface area contributed by atoms with Crippen molar-refractivity contribution in [3.05, 3.63) is 35.6 Å². The van der Waals surface area contributed by atoms with Crippen molar-refractivity contribution in [2.45, 2.75) is 6.18 Å². The molecule has 0 saturated carbocycles. The number of hydrogen-bond acceptors (Lipinski definition) is 2. The van der Waals surface area contributed by atoms with E-state index in [1.54, 1.807) is 0 Å². The number of hydrogen-bond donors (Lipinski definition) is 0. The molecule has 0 saturated heterocycles. The second-order valence-electron chi connectivity index (χ2n) is 2.60. The number of nitrogens with zero attached hydrogens (tertiary/aromatic N) is 1. The third kappa shape index (κ3) is 4.99. The van der Waals surface area contributed by atoms with Gasteiger partial charge in [0.05, 0.1) is 0 Å². The molecule has 0 heterocycles. The minimum absolute atomic E-state index is 0.332. The lowest BCUT2D eigenvalue weighted by molar-refractivity contribution is -0.173. The van der Waals surface area contributed by atoms with Gasteiger partial charge in [0.1, 0.15) is 12.0 Å². The number of halogens is 4. The van der Waals surface area contributed by atoms with Gasteiger partial charge in [0.2, 0.25) is 6.61 Å². The lowest BCUT2D eigenvalue weighted by Crippen LogP contribution is -2.14. The predicted octanol–water partition coefficient (Wildman–Crippen LogP) is 2.62. The molecule has 1 rings (SSSR count). The van der Waals surface area contributed by atoms with Gasteiger partial charge in [-0.15, -0.1) is 0 Å². The van der Waals surface area contributed by atoms with Gasteiger partial charge in [-0.25, -0.2) is 4.39 Å². The Kier molecular flexibility index (Phi) is 3.65. The molecular formula is C9H6F4NO. The fraction of sp³-hybridized carbons (Fsp3) is 0.222. The molecule has 0 unspecified atom stereocenters. The van der Waals surface area contributed by atoms with Gasteiger partial charge in [-0.3, -0.25) is 0 Å². The first kappa shape index (κ1) is 11.5. The maximum Gasteiger partial charge on any atom is 0.425 e. The SMILES string of the molecule is Fc1ccc(/[C]=N\OCC(F)(F)F)cc1. The topological polar surface area (TPSA) is 21.6 Å². The van der Waals surface area contributed by atoms with Gasteiger partial charge in [-0.2, -0.15) is 13.2 Å². The maximum atomic E-state index is 12.4. The Hall–Kier alpha value is -1.59. The highest BCUT2D eigenvalue weighted by atomic mass is 19.4. The molecule has 1 aromatic rings. The van der Waals surface area contributed by atoms with Crippen LogP contribution in [0, 0.1) is 5.82 Å². The molecule has 6 heteroatoms. The van der Waals surface area contributed by atoms with Gasteiger partial charge in [0, 0.05) is 5.56 Å². The van der Waals surface area contributed by atoms with Crippen molar-refractivity contribution in [3.8, 4) is 0 Å². The number of benzene rings is 1. The minimum Gasteiger partial charge on any atom is -0.386 e. The summed E-state index contributed by atoms with van der Waals surface area (Å²) in [5.41, 5.74) is 0.332. The van der Waals surface area contributed by atoms with Crippen LogP contribution in [0.25, 0.3) is 0 Å². The van der Waals surface area contributed by atoms with Gasteiger partial charge in [-0.05, 0) is 24.3 Å². The van der Waals surface area contributed by atoms with Crippen molar-refractivity contribution in [1.29, 1.82) is 0 Å². The Balaban J connectivity index is 2.42. The molecule has 0 atom stereocenters. The summed E-state index contributed by atoms with van der Waals surface area (Å²) in [5, 5.41) is 2.96. The molecule has 0 aliphatic carbocycles. The summed E-state index contributed by atoms with van der Waals surface area (Å²) in [7, 11) is 0. The van der Waals surface area contributed by atoms with Crippen LogP contribution in [0.15, 0.2) is 29.4 Å². The van der Waals surface area contributed by atoms with Gasteiger partial charge in [-0.1, -0.05) is 5.16 Å². The highest BCUT2D eigenvalue weighted by Gasteiger charge is 2.28. The van der Waals surface area contributed by atoms with Crippen LogP contribution in [0.1, 0.15) is 5.56 Å². The standard InChI is InChI=1S/C9H6F4NO/c10-8-3-1-7(2-4-8)5-14-15-6-9(11,12)13/h1-4H,6H2. The van der Waals surface area contributed by atoms with Crippen LogP contribution in [0.3, 0.4) is 0 Å². The van der Waals surface area contributed by atoms with E-state index in [0.29, 0.717) is 5.56 Å². The largest absolute Gasteiger partial charge is 0.425 e. The van der Waals surface area contributed by atoms with Crippen molar-refractivity contribution >= 4 is 6.21 Å². The molecule has 0 spiro atoms. The molecule has 0 fully saturated rings. The van der Waals surface area contributed by atoms with Crippen LogP contribution in [0.4, 0.5) is 17.6 Å². The Bertz CT molecular complexity index is 331. The molecule has 0 amide bonds. The summed E-state index contributed by atoms with van der Waals surface area (Å²) in [5.74, 6) is -0.447. The fourth-order valence-corrected chi connectivity index (χ4v) is 0.715. The van der Waals surface area contributed by atoms with Gasteiger partial charge < -0.3 is 4.84 Å². The van der Waals surface area contributed by atoms with Crippen LogP contribution < -0.4 is 0 Å². The van der Waals surface area contributed by atoms with Crippen molar-refractivity contribution in [3.63, 3.8) is 0 Å². The van der Waals surface area contributed by atoms with Crippen molar-refractivity contribution in [2.24, 2.45) is 5.16 Å². The summed E-state index contributed by atoms with van der Waals surface area (Å²) in [6.07, 6.45) is -2.24. The molecule has 0 bridgehead atoms. The molecule has 0 aliphatic rings. The second-order valence-corrected chi connectivity index (χ2v) is 2.60. The molecule has 0 N–H and O–H groups in total. The average Bonchev–Trinajstić information content (AvgIpc) is 2.14. The van der Waals surface area contributed by atoms with E-state index in [4.69, 9.17) is 0 Å². The van der Waals surface area contributed by atoms with Gasteiger partial charge in [0.15, 0.2) is 0 Å². The molecule has 81 valence electrons. The van der Waals surface area contributed by atoms with Crippen molar-refractivity contribution in [1.82, 2.24) is 0 Å². The molecule has 1 aromatic carbocycles. The van der Waals surface area contributed by atoms with E-state index >= 15 is 0 Å². The third-order valence-corrected chi connectivity index (χ3v) is 1.31. The summed E-state index contributed by atoms with van der Waals surface area (Å²) in [4.78, 5) is 3.93. The van der Waals surface area contributed by atoms with E-state index in [0.717, 1.165) is 12.1 Å². The molecular weight excluding hydrogens is 214 g/mol. The zero-order chi connectivity index (χ0) is 11.3. The highest BCUT2D eigenvalue weighted by molar-refractivity contribution is 5.78. The van der Waals surface area contributed by atoms with E-state index in [9.17, 15) is 17.6 Å². The van der Waals surface area contributed by atoms with E-state index in [2.05, 4.69) is 16.2 Å². The predicted molar refractivity (Wildman–Crippen MR) is 44.9 cm³/mol. The average molecular weight is 220 g/mol. The lowest BCUT2D eigenvalue weighted by atomic mass is 10.2. The van der Waals surface area contributed by atoms with Crippen LogP contribution in [-0.2, 0) is 4.84 Å². The normalized spacial score (nSPS) is 12.0. The first-order valence-corrected chi connectivity index (χ1v) is 3.88. The summed E-state index contributed by atoms with van der Waals surface area (Å²) < 4.78 is 47.1. The van der Waals surface area contributed by atoms with E-state index < -0.39 is 18.6 Å². The molecule has 15 heavy (non-hydrogen) atoms. The highest BCUT2D eigenvalue weighted by Crippen LogP contribution is 2.14. The first-order valence-electron chi connectivity index (χ1n) is 3.88. The summed E-state index contributed by atoms with van der Waals surface area (Å²) >= 11 is 0. The molecule has 1 radical (unpaired) electrons. The zero-order valence-electron chi connectivity index (χ0n) is 7.38. The van der Waals surface area contributed by atoms with Crippen molar-refractivity contribution in [2.75, 3.05) is 6.61 Å². The monoisotopic (exact) mass is 220 g/mol. The third-order valence-electron chi connectivity index (χ3n) is 1.31. The minimum atomic E-state index is -4.42. The molecule has 0 aromatic heterocycles. The Morgan fingerprint density at radius 1 is 1.20 bits per heavy atom. The van der Waals surface area contributed by atoms with Crippen LogP contribution >= 0.6 is 0 Å². The zero-order valence-corrected chi connectivity index (χ0v) is 7.38. The second kappa shape index (κ2) is 4.77. The Morgan fingerprint density at radius 2 is 1.80 bits per heavy atom. The van der Waals surface area contributed by atoms with E-state index in [1.165, 1.54) is 12.1 Å². The Labute approximate surface area is 83.2 Å². The van der Waals surface area contributed by atoms with E-state index in [1.807, 2.05) is 0 Å². The quantitative estimate of drug-likeness (QED) is 0.436. The number of rotatable bonds is 3. The Morgan fingerprint density at radius 3 is 2.33 bits per heavy atom. The van der Waals surface area contributed by atoms with Gasteiger partial charge in [0.25, 0.3) is 0 Å². The fourth-order valence-electron chi connectivity index (χ4n) is 0.715. The first-order chi connectivity index (χ1) is 6.97. The molecule has 2 nitrogen and oxygen atoms in total.